The van der Waals surface area contributed by atoms with Gasteiger partial charge in [-0.15, -0.1) is 0 Å². The predicted molar refractivity (Wildman–Crippen MR) is 119 cm³/mol. The number of rotatable bonds is 6. The van der Waals surface area contributed by atoms with Crippen LogP contribution in [-0.2, 0) is 6.54 Å². The van der Waals surface area contributed by atoms with Crippen LogP contribution >= 0.6 is 0 Å². The number of hydrogen-bond donors (Lipinski definition) is 2. The highest BCUT2D eigenvalue weighted by atomic mass is 19.1. The third-order valence-corrected chi connectivity index (χ3v) is 5.44. The van der Waals surface area contributed by atoms with Gasteiger partial charge in [0.05, 0.1) is 14.2 Å². The summed E-state index contributed by atoms with van der Waals surface area (Å²) in [5, 5.41) is 6.83. The molecule has 2 aromatic carbocycles. The van der Waals surface area contributed by atoms with E-state index < -0.39 is 0 Å². The lowest BCUT2D eigenvalue weighted by molar-refractivity contribution is 0.393. The molecule has 3 rings (SSSR count). The van der Waals surface area contributed by atoms with Crippen LogP contribution in [0.1, 0.15) is 24.0 Å². The first-order valence-corrected chi connectivity index (χ1v) is 10.2. The summed E-state index contributed by atoms with van der Waals surface area (Å²) in [4.78, 5) is 6.68. The number of benzene rings is 2. The molecule has 6 nitrogen and oxygen atoms in total. The Bertz CT molecular complexity index is 857. The second-order valence-corrected chi connectivity index (χ2v) is 7.49. The van der Waals surface area contributed by atoms with Gasteiger partial charge in [0.25, 0.3) is 0 Å². The zero-order valence-electron chi connectivity index (χ0n) is 18.2. The van der Waals surface area contributed by atoms with Gasteiger partial charge in [-0.3, -0.25) is 4.99 Å². The minimum absolute atomic E-state index is 0.179. The minimum Gasteiger partial charge on any atom is -0.497 e. The largest absolute Gasteiger partial charge is 0.497 e. The van der Waals surface area contributed by atoms with Crippen LogP contribution in [0.2, 0.25) is 0 Å². The fraction of sp³-hybridized carbons (Fsp3) is 0.435. The molecule has 0 aliphatic carbocycles. The van der Waals surface area contributed by atoms with Crippen LogP contribution in [0.5, 0.6) is 11.5 Å². The Labute approximate surface area is 178 Å². The SMILES string of the molecule is CN=C(NCc1ccc(F)c(C)c1)NC1CCN(c2cc(OC)cc(OC)c2)CC1. The molecule has 0 amide bonds. The Morgan fingerprint density at radius 3 is 2.33 bits per heavy atom. The van der Waals surface area contributed by atoms with Gasteiger partial charge in [-0.25, -0.2) is 4.39 Å². The van der Waals surface area contributed by atoms with Gasteiger partial charge in [-0.05, 0) is 37.0 Å². The van der Waals surface area contributed by atoms with Gasteiger partial charge in [-0.1, -0.05) is 12.1 Å². The molecule has 1 aliphatic rings. The zero-order valence-corrected chi connectivity index (χ0v) is 18.2. The molecule has 1 heterocycles. The number of nitrogens with one attached hydrogen (secondary N) is 2. The highest BCUT2D eigenvalue weighted by Gasteiger charge is 2.21. The number of hydrogen-bond acceptors (Lipinski definition) is 4. The van der Waals surface area contributed by atoms with Gasteiger partial charge in [0.1, 0.15) is 17.3 Å². The van der Waals surface area contributed by atoms with E-state index in [0.717, 1.165) is 54.6 Å². The van der Waals surface area contributed by atoms with Crippen molar-refractivity contribution in [2.75, 3.05) is 39.3 Å². The second-order valence-electron chi connectivity index (χ2n) is 7.49. The summed E-state index contributed by atoms with van der Waals surface area (Å²) in [5.41, 5.74) is 2.79. The monoisotopic (exact) mass is 414 g/mol. The Morgan fingerprint density at radius 1 is 1.10 bits per heavy atom. The Hall–Kier alpha value is -2.96. The maximum atomic E-state index is 13.4. The zero-order chi connectivity index (χ0) is 21.5. The van der Waals surface area contributed by atoms with Crippen molar-refractivity contribution in [1.29, 1.82) is 0 Å². The molecule has 0 unspecified atom stereocenters. The smallest absolute Gasteiger partial charge is 0.191 e. The molecule has 0 radical (unpaired) electrons. The third kappa shape index (κ3) is 5.55. The summed E-state index contributed by atoms with van der Waals surface area (Å²) in [6.45, 7) is 4.24. The second kappa shape index (κ2) is 10.2. The van der Waals surface area contributed by atoms with E-state index in [1.807, 2.05) is 24.3 Å². The predicted octanol–water partition coefficient (Wildman–Crippen LogP) is 3.49. The van der Waals surface area contributed by atoms with E-state index in [2.05, 4.69) is 20.5 Å². The molecule has 0 bridgehead atoms. The van der Waals surface area contributed by atoms with Gasteiger partial charge < -0.3 is 25.0 Å². The molecule has 2 aromatic rings. The number of aryl methyl sites for hydroxylation is 1. The highest BCUT2D eigenvalue weighted by Crippen LogP contribution is 2.30. The number of guanidine groups is 1. The molecule has 1 fully saturated rings. The van der Waals surface area contributed by atoms with E-state index in [-0.39, 0.29) is 5.82 Å². The van der Waals surface area contributed by atoms with Gasteiger partial charge in [0.2, 0.25) is 0 Å². The van der Waals surface area contributed by atoms with Crippen molar-refractivity contribution in [3.63, 3.8) is 0 Å². The average molecular weight is 415 g/mol. The van der Waals surface area contributed by atoms with Crippen LogP contribution < -0.4 is 25.0 Å². The molecule has 162 valence electrons. The quantitative estimate of drug-likeness (QED) is 0.560. The maximum absolute atomic E-state index is 13.4. The lowest BCUT2D eigenvalue weighted by Gasteiger charge is -2.34. The summed E-state index contributed by atoms with van der Waals surface area (Å²) in [6.07, 6.45) is 1.99. The van der Waals surface area contributed by atoms with E-state index in [4.69, 9.17) is 9.47 Å². The first kappa shape index (κ1) is 21.7. The number of ether oxygens (including phenoxy) is 2. The Balaban J connectivity index is 1.52. The fourth-order valence-electron chi connectivity index (χ4n) is 3.65. The topological polar surface area (TPSA) is 58.1 Å². The molecule has 1 aliphatic heterocycles. The van der Waals surface area contributed by atoms with Gasteiger partial charge in [0, 0.05) is 56.6 Å². The normalized spacial score (nSPS) is 15.1. The van der Waals surface area contributed by atoms with E-state index in [0.29, 0.717) is 18.2 Å². The van der Waals surface area contributed by atoms with Crippen LogP contribution in [0.25, 0.3) is 0 Å². The molecule has 7 heteroatoms. The average Bonchev–Trinajstić information content (AvgIpc) is 2.78. The molecule has 2 N–H and O–H groups in total. The standard InChI is InChI=1S/C23H31FN4O2/c1-16-11-17(5-6-22(16)24)15-26-23(25-2)27-18-7-9-28(10-8-18)19-12-20(29-3)14-21(13-19)30-4/h5-6,11-14,18H,7-10,15H2,1-4H3,(H2,25,26,27). The first-order valence-electron chi connectivity index (χ1n) is 10.2. The Kier molecular flexibility index (Phi) is 7.38. The van der Waals surface area contributed by atoms with Crippen molar-refractivity contribution in [2.24, 2.45) is 4.99 Å². The summed E-state index contributed by atoms with van der Waals surface area (Å²) in [6, 6.07) is 11.5. The van der Waals surface area contributed by atoms with Crippen LogP contribution in [-0.4, -0.2) is 46.4 Å². The number of anilines is 1. The van der Waals surface area contributed by atoms with E-state index >= 15 is 0 Å². The molecular formula is C23H31FN4O2. The van der Waals surface area contributed by atoms with Crippen molar-refractivity contribution in [2.45, 2.75) is 32.4 Å². The Morgan fingerprint density at radius 2 is 1.77 bits per heavy atom. The highest BCUT2D eigenvalue weighted by molar-refractivity contribution is 5.80. The minimum atomic E-state index is -0.179. The van der Waals surface area contributed by atoms with Crippen molar-refractivity contribution < 1.29 is 13.9 Å². The van der Waals surface area contributed by atoms with Crippen molar-refractivity contribution >= 4 is 11.6 Å². The number of nitrogens with zero attached hydrogens (tertiary/aromatic N) is 2. The van der Waals surface area contributed by atoms with Crippen LogP contribution in [0.3, 0.4) is 0 Å². The summed E-state index contributed by atoms with van der Waals surface area (Å²) < 4.78 is 24.2. The first-order chi connectivity index (χ1) is 14.5. The third-order valence-electron chi connectivity index (χ3n) is 5.44. The van der Waals surface area contributed by atoms with E-state index in [1.165, 1.54) is 6.07 Å². The molecular weight excluding hydrogens is 383 g/mol. The molecule has 0 aromatic heterocycles. The molecule has 0 saturated carbocycles. The lowest BCUT2D eigenvalue weighted by Crippen LogP contribution is -2.48. The molecule has 0 atom stereocenters. The fourth-order valence-corrected chi connectivity index (χ4v) is 3.65. The van der Waals surface area contributed by atoms with Gasteiger partial charge in [0.15, 0.2) is 5.96 Å². The van der Waals surface area contributed by atoms with E-state index in [1.54, 1.807) is 34.3 Å². The van der Waals surface area contributed by atoms with Gasteiger partial charge in [-0.2, -0.15) is 0 Å². The van der Waals surface area contributed by atoms with Crippen molar-refractivity contribution in [3.05, 3.63) is 53.3 Å². The number of piperidine rings is 1. The number of aliphatic imine (C=N–C) groups is 1. The number of halogens is 1. The molecule has 1 saturated heterocycles. The van der Waals surface area contributed by atoms with Crippen LogP contribution in [0.4, 0.5) is 10.1 Å². The number of methoxy groups -OCH3 is 2. The summed E-state index contributed by atoms with van der Waals surface area (Å²) in [5.74, 6) is 2.18. The molecule has 0 spiro atoms. The lowest BCUT2D eigenvalue weighted by atomic mass is 10.0. The van der Waals surface area contributed by atoms with Crippen molar-refractivity contribution in [3.8, 4) is 11.5 Å². The van der Waals surface area contributed by atoms with Gasteiger partial charge >= 0.3 is 0 Å². The molecule has 30 heavy (non-hydrogen) atoms. The summed E-state index contributed by atoms with van der Waals surface area (Å²) >= 11 is 0. The van der Waals surface area contributed by atoms with Crippen LogP contribution in [0, 0.1) is 12.7 Å². The van der Waals surface area contributed by atoms with E-state index in [9.17, 15) is 4.39 Å². The maximum Gasteiger partial charge on any atom is 0.191 e. The summed E-state index contributed by atoms with van der Waals surface area (Å²) in [7, 11) is 5.10. The van der Waals surface area contributed by atoms with Crippen LogP contribution in [0.15, 0.2) is 41.4 Å². The van der Waals surface area contributed by atoms with Crippen molar-refractivity contribution in [1.82, 2.24) is 10.6 Å².